The highest BCUT2D eigenvalue weighted by molar-refractivity contribution is 5.81. The maximum atomic E-state index is 12.7. The molecule has 0 aromatic carbocycles. The Morgan fingerprint density at radius 1 is 1.00 bits per heavy atom. The van der Waals surface area contributed by atoms with E-state index in [0.29, 0.717) is 29.5 Å². The summed E-state index contributed by atoms with van der Waals surface area (Å²) in [5.41, 5.74) is 0. The lowest BCUT2D eigenvalue weighted by atomic mass is 9.76. The lowest BCUT2D eigenvalue weighted by Gasteiger charge is -2.28. The van der Waals surface area contributed by atoms with E-state index in [2.05, 4.69) is 34.6 Å². The van der Waals surface area contributed by atoms with Gasteiger partial charge in [-0.25, -0.2) is 0 Å². The Morgan fingerprint density at radius 2 is 1.60 bits per heavy atom. The monoisotopic (exact) mass is 280 g/mol. The first-order valence-electron chi connectivity index (χ1n) is 8.92. The van der Waals surface area contributed by atoms with Crippen molar-refractivity contribution in [1.29, 1.82) is 0 Å². The maximum Gasteiger partial charge on any atom is 0.136 e. The van der Waals surface area contributed by atoms with E-state index in [9.17, 15) is 4.79 Å². The van der Waals surface area contributed by atoms with E-state index in [-0.39, 0.29) is 0 Å². The summed E-state index contributed by atoms with van der Waals surface area (Å²) in [5, 5.41) is 0. The molecular formula is C19H36O. The fraction of sp³-hybridized carbons (Fsp3) is 0.947. The number of rotatable bonds is 8. The van der Waals surface area contributed by atoms with Gasteiger partial charge in [0.05, 0.1) is 0 Å². The normalized spacial score (nSPS) is 20.4. The van der Waals surface area contributed by atoms with Gasteiger partial charge < -0.3 is 0 Å². The van der Waals surface area contributed by atoms with Crippen LogP contribution in [0.1, 0.15) is 86.0 Å². The molecule has 0 saturated heterocycles. The molecular weight excluding hydrogens is 244 g/mol. The highest BCUT2D eigenvalue weighted by Crippen LogP contribution is 2.33. The molecule has 1 nitrogen and oxygen atoms in total. The van der Waals surface area contributed by atoms with Crippen molar-refractivity contribution in [2.45, 2.75) is 86.0 Å². The molecule has 1 aliphatic rings. The van der Waals surface area contributed by atoms with Gasteiger partial charge in [0.15, 0.2) is 0 Å². The van der Waals surface area contributed by atoms with E-state index < -0.39 is 0 Å². The third kappa shape index (κ3) is 6.41. The van der Waals surface area contributed by atoms with Crippen LogP contribution in [0.2, 0.25) is 0 Å². The first kappa shape index (κ1) is 17.7. The van der Waals surface area contributed by atoms with Crippen molar-refractivity contribution in [3.8, 4) is 0 Å². The Labute approximate surface area is 126 Å². The van der Waals surface area contributed by atoms with E-state index in [1.165, 1.54) is 38.5 Å². The Hall–Kier alpha value is -0.330. The molecule has 1 rings (SSSR count). The average Bonchev–Trinajstić information content (AvgIpc) is 2.35. The van der Waals surface area contributed by atoms with Gasteiger partial charge in [0.2, 0.25) is 0 Å². The lowest BCUT2D eigenvalue weighted by Crippen LogP contribution is -2.26. The average molecular weight is 280 g/mol. The van der Waals surface area contributed by atoms with Crippen molar-refractivity contribution in [2.24, 2.45) is 29.6 Å². The van der Waals surface area contributed by atoms with Crippen molar-refractivity contribution in [3.05, 3.63) is 0 Å². The van der Waals surface area contributed by atoms with Crippen molar-refractivity contribution < 1.29 is 4.79 Å². The molecule has 1 heteroatoms. The number of Topliss-reactive ketones (excluding diaryl/α,β-unsaturated/α-hetero) is 1. The zero-order valence-electron chi connectivity index (χ0n) is 14.5. The van der Waals surface area contributed by atoms with Gasteiger partial charge in [0.25, 0.3) is 0 Å². The molecule has 118 valence electrons. The van der Waals surface area contributed by atoms with Crippen LogP contribution < -0.4 is 0 Å². The molecule has 0 bridgehead atoms. The third-order valence-corrected chi connectivity index (χ3v) is 4.95. The van der Waals surface area contributed by atoms with Gasteiger partial charge in [-0.3, -0.25) is 4.79 Å². The Bertz CT molecular complexity index is 273. The van der Waals surface area contributed by atoms with E-state index in [0.717, 1.165) is 18.8 Å². The number of hydrogen-bond donors (Lipinski definition) is 0. The predicted octanol–water partition coefficient (Wildman–Crippen LogP) is 5.87. The van der Waals surface area contributed by atoms with Crippen LogP contribution >= 0.6 is 0 Å². The van der Waals surface area contributed by atoms with Crippen LogP contribution in [0.3, 0.4) is 0 Å². The second kappa shape index (κ2) is 8.85. The summed E-state index contributed by atoms with van der Waals surface area (Å²) >= 11 is 0. The van der Waals surface area contributed by atoms with Crippen molar-refractivity contribution >= 4 is 5.78 Å². The summed E-state index contributed by atoms with van der Waals surface area (Å²) in [6.07, 6.45) is 10.0. The number of carbonyl (C=O) groups is 1. The van der Waals surface area contributed by atoms with Crippen LogP contribution in [0.5, 0.6) is 0 Å². The summed E-state index contributed by atoms with van der Waals surface area (Å²) in [5.74, 6) is 3.44. The minimum atomic E-state index is 0.313. The zero-order chi connectivity index (χ0) is 15.1. The summed E-state index contributed by atoms with van der Waals surface area (Å²) in [6.45, 7) is 11.2. The van der Waals surface area contributed by atoms with Gasteiger partial charge in [0.1, 0.15) is 5.78 Å². The van der Waals surface area contributed by atoms with Gasteiger partial charge in [-0.15, -0.1) is 0 Å². The highest BCUT2D eigenvalue weighted by Gasteiger charge is 2.27. The van der Waals surface area contributed by atoms with Crippen LogP contribution in [-0.2, 0) is 4.79 Å². The minimum Gasteiger partial charge on any atom is -0.299 e. The maximum absolute atomic E-state index is 12.7. The molecule has 0 aliphatic heterocycles. The van der Waals surface area contributed by atoms with Crippen LogP contribution in [0.4, 0.5) is 0 Å². The van der Waals surface area contributed by atoms with E-state index in [1.54, 1.807) is 0 Å². The fourth-order valence-electron chi connectivity index (χ4n) is 3.94. The SMILES string of the molecule is CC(C)C[C@H](C)CC(=O)[C@H](CC1CCCCC1)C(C)C. The van der Waals surface area contributed by atoms with Crippen LogP contribution in [-0.4, -0.2) is 5.78 Å². The highest BCUT2D eigenvalue weighted by atomic mass is 16.1. The summed E-state index contributed by atoms with van der Waals surface area (Å²) in [4.78, 5) is 12.7. The molecule has 20 heavy (non-hydrogen) atoms. The van der Waals surface area contributed by atoms with Gasteiger partial charge in [-0.1, -0.05) is 66.7 Å². The molecule has 0 unspecified atom stereocenters. The fourth-order valence-corrected chi connectivity index (χ4v) is 3.94. The minimum absolute atomic E-state index is 0.313. The number of carbonyl (C=O) groups excluding carboxylic acids is 1. The predicted molar refractivity (Wildman–Crippen MR) is 87.8 cm³/mol. The topological polar surface area (TPSA) is 17.1 Å². The van der Waals surface area contributed by atoms with Crippen LogP contribution in [0.15, 0.2) is 0 Å². The van der Waals surface area contributed by atoms with Gasteiger partial charge in [-0.2, -0.15) is 0 Å². The van der Waals surface area contributed by atoms with Crippen molar-refractivity contribution in [3.63, 3.8) is 0 Å². The molecule has 0 N–H and O–H groups in total. The van der Waals surface area contributed by atoms with Crippen molar-refractivity contribution in [1.82, 2.24) is 0 Å². The van der Waals surface area contributed by atoms with E-state index in [1.807, 2.05) is 0 Å². The second-order valence-corrected chi connectivity index (χ2v) is 8.00. The lowest BCUT2D eigenvalue weighted by molar-refractivity contribution is -0.125. The van der Waals surface area contributed by atoms with Gasteiger partial charge in [0, 0.05) is 12.3 Å². The quantitative estimate of drug-likeness (QED) is 0.543. The molecule has 1 saturated carbocycles. The third-order valence-electron chi connectivity index (χ3n) is 4.95. The summed E-state index contributed by atoms with van der Waals surface area (Å²) in [7, 11) is 0. The van der Waals surface area contributed by atoms with Gasteiger partial charge >= 0.3 is 0 Å². The largest absolute Gasteiger partial charge is 0.299 e. The van der Waals surface area contributed by atoms with Crippen LogP contribution in [0.25, 0.3) is 0 Å². The smallest absolute Gasteiger partial charge is 0.136 e. The molecule has 1 fully saturated rings. The zero-order valence-corrected chi connectivity index (χ0v) is 14.5. The molecule has 0 aromatic rings. The first-order valence-corrected chi connectivity index (χ1v) is 8.92. The Kier molecular flexibility index (Phi) is 7.84. The summed E-state index contributed by atoms with van der Waals surface area (Å²) in [6, 6.07) is 0. The summed E-state index contributed by atoms with van der Waals surface area (Å²) < 4.78 is 0. The number of hydrogen-bond acceptors (Lipinski definition) is 1. The van der Waals surface area contributed by atoms with Crippen molar-refractivity contribution in [2.75, 3.05) is 0 Å². The second-order valence-electron chi connectivity index (χ2n) is 8.00. The number of ketones is 1. The molecule has 1 aliphatic carbocycles. The standard InChI is InChI=1S/C19H36O/c1-14(2)11-16(5)12-19(20)18(15(3)4)13-17-9-7-6-8-10-17/h14-18H,6-13H2,1-5H3/t16-,18+/m0/s1. The van der Waals surface area contributed by atoms with Gasteiger partial charge in [-0.05, 0) is 36.5 Å². The molecule has 0 amide bonds. The van der Waals surface area contributed by atoms with Crippen LogP contribution in [0, 0.1) is 29.6 Å². The first-order chi connectivity index (χ1) is 9.40. The Balaban J connectivity index is 2.49. The Morgan fingerprint density at radius 3 is 2.10 bits per heavy atom. The molecule has 2 atom stereocenters. The van der Waals surface area contributed by atoms with E-state index in [4.69, 9.17) is 0 Å². The molecule has 0 spiro atoms. The molecule has 0 radical (unpaired) electrons. The van der Waals surface area contributed by atoms with E-state index >= 15 is 0 Å². The molecule has 0 heterocycles. The molecule has 0 aromatic heterocycles.